The van der Waals surface area contributed by atoms with Crippen molar-refractivity contribution < 1.29 is 14.3 Å². The summed E-state index contributed by atoms with van der Waals surface area (Å²) in [4.78, 5) is 27.4. The zero-order valence-electron chi connectivity index (χ0n) is 15.0. The molecule has 2 aliphatic rings. The summed E-state index contributed by atoms with van der Waals surface area (Å²) in [5.41, 5.74) is 6.32. The van der Waals surface area contributed by atoms with Gasteiger partial charge in [0.25, 0.3) is 5.91 Å². The van der Waals surface area contributed by atoms with Gasteiger partial charge in [0.2, 0.25) is 5.91 Å². The van der Waals surface area contributed by atoms with E-state index in [4.69, 9.17) is 22.1 Å². The average molecular weight is 380 g/mol. The van der Waals surface area contributed by atoms with E-state index in [1.54, 1.807) is 23.1 Å². The van der Waals surface area contributed by atoms with Crippen LogP contribution in [-0.4, -0.2) is 48.5 Å². The first-order valence-electron chi connectivity index (χ1n) is 9.20. The van der Waals surface area contributed by atoms with Gasteiger partial charge in [-0.1, -0.05) is 11.6 Å². The van der Waals surface area contributed by atoms with Gasteiger partial charge in [0.15, 0.2) is 0 Å². The molecule has 1 unspecified atom stereocenters. The summed E-state index contributed by atoms with van der Waals surface area (Å²) in [5.74, 6) is 0.178. The minimum absolute atomic E-state index is 0.0719. The fourth-order valence-corrected chi connectivity index (χ4v) is 4.02. The predicted molar refractivity (Wildman–Crippen MR) is 100 cm³/mol. The normalized spacial score (nSPS) is 25.8. The van der Waals surface area contributed by atoms with E-state index in [2.05, 4.69) is 5.32 Å². The van der Waals surface area contributed by atoms with Gasteiger partial charge in [-0.25, -0.2) is 0 Å². The molecule has 1 aromatic carbocycles. The molecular weight excluding hydrogens is 354 g/mol. The molecule has 1 saturated carbocycles. The molecule has 1 aromatic rings. The number of methoxy groups -OCH3 is 1. The van der Waals surface area contributed by atoms with Crippen LogP contribution in [0, 0.1) is 0 Å². The largest absolute Gasteiger partial charge is 0.496 e. The summed E-state index contributed by atoms with van der Waals surface area (Å²) in [7, 11) is 1.52. The number of amides is 2. The Bertz CT molecular complexity index is 674. The van der Waals surface area contributed by atoms with Gasteiger partial charge in [0.05, 0.1) is 12.7 Å². The minimum Gasteiger partial charge on any atom is -0.496 e. The maximum Gasteiger partial charge on any atom is 0.258 e. The molecule has 1 atom stereocenters. The Hall–Kier alpha value is -1.79. The summed E-state index contributed by atoms with van der Waals surface area (Å²) in [6.45, 7) is 0.558. The first-order valence-corrected chi connectivity index (χ1v) is 9.58. The molecule has 0 radical (unpaired) electrons. The molecule has 26 heavy (non-hydrogen) atoms. The molecule has 3 rings (SSSR count). The average Bonchev–Trinajstić information content (AvgIpc) is 3.13. The number of benzene rings is 1. The topological polar surface area (TPSA) is 84.7 Å². The fourth-order valence-electron chi connectivity index (χ4n) is 3.85. The van der Waals surface area contributed by atoms with Gasteiger partial charge >= 0.3 is 0 Å². The maximum atomic E-state index is 13.0. The highest BCUT2D eigenvalue weighted by molar-refractivity contribution is 6.31. The first kappa shape index (κ1) is 19.0. The third kappa shape index (κ3) is 4.13. The van der Waals surface area contributed by atoms with Crippen molar-refractivity contribution in [3.05, 3.63) is 28.8 Å². The highest BCUT2D eigenvalue weighted by Crippen LogP contribution is 2.28. The zero-order valence-corrected chi connectivity index (χ0v) is 15.8. The van der Waals surface area contributed by atoms with E-state index in [-0.39, 0.29) is 23.9 Å². The molecule has 0 bridgehead atoms. The molecular formula is C19H26ClN3O3. The number of carbonyl (C=O) groups is 2. The van der Waals surface area contributed by atoms with E-state index < -0.39 is 6.04 Å². The number of hydrogen-bond acceptors (Lipinski definition) is 4. The second-order valence-corrected chi connectivity index (χ2v) is 7.56. The van der Waals surface area contributed by atoms with Crippen molar-refractivity contribution in [1.29, 1.82) is 0 Å². The molecule has 142 valence electrons. The highest BCUT2D eigenvalue weighted by atomic mass is 35.5. The lowest BCUT2D eigenvalue weighted by Crippen LogP contribution is -2.50. The number of likely N-dealkylation sites (tertiary alicyclic amines) is 1. The van der Waals surface area contributed by atoms with E-state index in [1.165, 1.54) is 7.11 Å². The third-order valence-corrected chi connectivity index (χ3v) is 5.56. The van der Waals surface area contributed by atoms with Gasteiger partial charge in [-0.05, 0) is 56.7 Å². The SMILES string of the molecule is COc1ccc(Cl)cc1C(=O)N1CCCC1C(=O)NC1CCC(N)CC1. The Morgan fingerprint density at radius 2 is 1.96 bits per heavy atom. The maximum absolute atomic E-state index is 13.0. The molecule has 1 saturated heterocycles. The van der Waals surface area contributed by atoms with Crippen molar-refractivity contribution in [2.45, 2.75) is 56.7 Å². The number of nitrogens with one attached hydrogen (secondary N) is 1. The van der Waals surface area contributed by atoms with Gasteiger partial charge in [0.1, 0.15) is 11.8 Å². The number of rotatable bonds is 4. The molecule has 2 amide bonds. The van der Waals surface area contributed by atoms with Gasteiger partial charge in [-0.2, -0.15) is 0 Å². The Morgan fingerprint density at radius 3 is 2.65 bits per heavy atom. The van der Waals surface area contributed by atoms with Crippen LogP contribution in [0.1, 0.15) is 48.9 Å². The van der Waals surface area contributed by atoms with Crippen LogP contribution in [0.5, 0.6) is 5.75 Å². The second kappa shape index (κ2) is 8.27. The van der Waals surface area contributed by atoms with Crippen molar-refractivity contribution in [3.8, 4) is 5.75 Å². The number of halogens is 1. The zero-order chi connectivity index (χ0) is 18.7. The van der Waals surface area contributed by atoms with E-state index >= 15 is 0 Å². The minimum atomic E-state index is -0.443. The Morgan fingerprint density at radius 1 is 1.23 bits per heavy atom. The number of hydrogen-bond donors (Lipinski definition) is 2. The molecule has 1 aliphatic heterocycles. The van der Waals surface area contributed by atoms with Crippen molar-refractivity contribution >= 4 is 23.4 Å². The lowest BCUT2D eigenvalue weighted by Gasteiger charge is -2.30. The molecule has 0 aromatic heterocycles. The van der Waals surface area contributed by atoms with Crippen LogP contribution in [-0.2, 0) is 4.79 Å². The Kier molecular flexibility index (Phi) is 6.04. The molecule has 0 spiro atoms. The summed E-state index contributed by atoms with van der Waals surface area (Å²) in [6, 6.07) is 4.90. The summed E-state index contributed by atoms with van der Waals surface area (Å²) in [6.07, 6.45) is 5.14. The first-order chi connectivity index (χ1) is 12.5. The molecule has 2 fully saturated rings. The van der Waals surface area contributed by atoms with Crippen LogP contribution in [0.3, 0.4) is 0 Å². The van der Waals surface area contributed by atoms with Crippen molar-refractivity contribution in [2.75, 3.05) is 13.7 Å². The van der Waals surface area contributed by atoms with Gasteiger partial charge in [-0.3, -0.25) is 9.59 Å². The lowest BCUT2D eigenvalue weighted by atomic mass is 9.91. The standard InChI is InChI=1S/C19H26ClN3O3/c1-26-17-9-4-12(20)11-15(17)19(25)23-10-2-3-16(23)18(24)22-14-7-5-13(21)6-8-14/h4,9,11,13-14,16H,2-3,5-8,10,21H2,1H3,(H,22,24). The Balaban J connectivity index is 1.70. The van der Waals surface area contributed by atoms with E-state index in [9.17, 15) is 9.59 Å². The molecule has 6 nitrogen and oxygen atoms in total. The van der Waals surface area contributed by atoms with Crippen molar-refractivity contribution in [1.82, 2.24) is 10.2 Å². The van der Waals surface area contributed by atoms with Crippen LogP contribution in [0.4, 0.5) is 0 Å². The quantitative estimate of drug-likeness (QED) is 0.840. The van der Waals surface area contributed by atoms with Crippen LogP contribution in [0.15, 0.2) is 18.2 Å². The third-order valence-electron chi connectivity index (χ3n) is 5.33. The number of carbonyl (C=O) groups excluding carboxylic acids is 2. The summed E-state index contributed by atoms with van der Waals surface area (Å²) in [5, 5.41) is 3.58. The van der Waals surface area contributed by atoms with E-state index in [0.29, 0.717) is 29.3 Å². The van der Waals surface area contributed by atoms with Gasteiger partial charge in [-0.15, -0.1) is 0 Å². The molecule has 1 aliphatic carbocycles. The number of nitrogens with zero attached hydrogens (tertiary/aromatic N) is 1. The lowest BCUT2D eigenvalue weighted by molar-refractivity contribution is -0.125. The van der Waals surface area contributed by atoms with Crippen molar-refractivity contribution in [2.24, 2.45) is 5.73 Å². The van der Waals surface area contributed by atoms with Crippen molar-refractivity contribution in [3.63, 3.8) is 0 Å². The fraction of sp³-hybridized carbons (Fsp3) is 0.579. The highest BCUT2D eigenvalue weighted by Gasteiger charge is 2.36. The van der Waals surface area contributed by atoms with Crippen LogP contribution >= 0.6 is 11.6 Å². The number of nitrogens with two attached hydrogens (primary N) is 1. The predicted octanol–water partition coefficient (Wildman–Crippen LogP) is 2.34. The second-order valence-electron chi connectivity index (χ2n) is 7.12. The smallest absolute Gasteiger partial charge is 0.258 e. The molecule has 3 N–H and O–H groups in total. The number of ether oxygens (including phenoxy) is 1. The van der Waals surface area contributed by atoms with Gasteiger partial charge in [0, 0.05) is 23.7 Å². The van der Waals surface area contributed by atoms with E-state index in [0.717, 1.165) is 32.1 Å². The summed E-state index contributed by atoms with van der Waals surface area (Å²) >= 11 is 6.05. The summed E-state index contributed by atoms with van der Waals surface area (Å²) < 4.78 is 5.29. The molecule has 1 heterocycles. The van der Waals surface area contributed by atoms with Crippen LogP contribution in [0.25, 0.3) is 0 Å². The van der Waals surface area contributed by atoms with Crippen LogP contribution < -0.4 is 15.8 Å². The van der Waals surface area contributed by atoms with E-state index in [1.807, 2.05) is 0 Å². The Labute approximate surface area is 159 Å². The molecule has 7 heteroatoms. The van der Waals surface area contributed by atoms with Crippen LogP contribution in [0.2, 0.25) is 5.02 Å². The van der Waals surface area contributed by atoms with Gasteiger partial charge < -0.3 is 20.7 Å². The monoisotopic (exact) mass is 379 g/mol.